The van der Waals surface area contributed by atoms with Gasteiger partial charge in [0.2, 0.25) is 0 Å². The van der Waals surface area contributed by atoms with Crippen molar-refractivity contribution < 1.29 is 9.13 Å². The van der Waals surface area contributed by atoms with Crippen LogP contribution in [0.4, 0.5) is 4.39 Å². The SMILES string of the molecule is CN=C(NCC(c1cnn(C)c1)N(C)C)N(C)CCOc1ccc(F)cc1.I. The molecule has 0 aliphatic carbocycles. The monoisotopic (exact) mass is 504 g/mol. The van der Waals surface area contributed by atoms with E-state index in [0.717, 1.165) is 11.5 Å². The molecule has 0 saturated carbocycles. The van der Waals surface area contributed by atoms with Crippen molar-refractivity contribution in [1.29, 1.82) is 0 Å². The summed E-state index contributed by atoms with van der Waals surface area (Å²) in [6.07, 6.45) is 3.91. The van der Waals surface area contributed by atoms with E-state index in [4.69, 9.17) is 4.74 Å². The van der Waals surface area contributed by atoms with Crippen LogP contribution in [0.1, 0.15) is 11.6 Å². The maximum atomic E-state index is 12.9. The summed E-state index contributed by atoms with van der Waals surface area (Å²) in [5.74, 6) is 1.17. The summed E-state index contributed by atoms with van der Waals surface area (Å²) in [5.41, 5.74) is 1.15. The van der Waals surface area contributed by atoms with Gasteiger partial charge in [0.25, 0.3) is 0 Å². The van der Waals surface area contributed by atoms with Gasteiger partial charge in [-0.15, -0.1) is 24.0 Å². The number of likely N-dealkylation sites (N-methyl/N-ethyl adjacent to an activating group) is 2. The molecule has 0 spiro atoms. The molecule has 156 valence electrons. The molecule has 1 N–H and O–H groups in total. The lowest BCUT2D eigenvalue weighted by Crippen LogP contribution is -2.44. The minimum absolute atomic E-state index is 0. The summed E-state index contributed by atoms with van der Waals surface area (Å²) in [4.78, 5) is 8.49. The molecule has 28 heavy (non-hydrogen) atoms. The zero-order valence-corrected chi connectivity index (χ0v) is 19.4. The summed E-state index contributed by atoms with van der Waals surface area (Å²) in [6, 6.07) is 6.20. The normalized spacial score (nSPS) is 12.5. The first kappa shape index (κ1) is 24.2. The van der Waals surface area contributed by atoms with Crippen LogP contribution in [0.3, 0.4) is 0 Å². The van der Waals surface area contributed by atoms with Crippen LogP contribution in [0.25, 0.3) is 0 Å². The van der Waals surface area contributed by atoms with Crippen LogP contribution >= 0.6 is 24.0 Å². The molecule has 1 unspecified atom stereocenters. The van der Waals surface area contributed by atoms with Gasteiger partial charge in [-0.1, -0.05) is 0 Å². The smallest absolute Gasteiger partial charge is 0.193 e. The van der Waals surface area contributed by atoms with Crippen molar-refractivity contribution in [1.82, 2.24) is 24.9 Å². The molecule has 1 heterocycles. The molecule has 9 heteroatoms. The summed E-state index contributed by atoms with van der Waals surface area (Å²) >= 11 is 0. The van der Waals surface area contributed by atoms with E-state index in [2.05, 4.69) is 20.3 Å². The molecule has 1 aromatic heterocycles. The molecule has 0 radical (unpaired) electrons. The van der Waals surface area contributed by atoms with Crippen molar-refractivity contribution in [3.05, 3.63) is 48.0 Å². The second-order valence-corrected chi connectivity index (χ2v) is 6.58. The zero-order chi connectivity index (χ0) is 19.8. The van der Waals surface area contributed by atoms with Crippen molar-refractivity contribution in [2.24, 2.45) is 12.0 Å². The average molecular weight is 504 g/mol. The number of ether oxygens (including phenoxy) is 1. The van der Waals surface area contributed by atoms with Crippen molar-refractivity contribution in [2.45, 2.75) is 6.04 Å². The Labute approximate surface area is 183 Å². The van der Waals surface area contributed by atoms with Crippen molar-refractivity contribution >= 4 is 29.9 Å². The predicted molar refractivity (Wildman–Crippen MR) is 121 cm³/mol. The predicted octanol–water partition coefficient (Wildman–Crippen LogP) is 2.37. The molecule has 0 aliphatic heterocycles. The second kappa shape index (κ2) is 11.8. The van der Waals surface area contributed by atoms with Crippen LogP contribution in [-0.4, -0.2) is 73.4 Å². The Morgan fingerprint density at radius 3 is 2.50 bits per heavy atom. The summed E-state index contributed by atoms with van der Waals surface area (Å²) in [5, 5.41) is 7.67. The molecule has 2 rings (SSSR count). The van der Waals surface area contributed by atoms with Gasteiger partial charge in [-0.3, -0.25) is 9.67 Å². The number of nitrogens with one attached hydrogen (secondary N) is 1. The molecule has 1 aromatic carbocycles. The Hall–Kier alpha value is -1.88. The molecule has 0 aliphatic rings. The van der Waals surface area contributed by atoms with Gasteiger partial charge < -0.3 is 19.9 Å². The summed E-state index contributed by atoms with van der Waals surface area (Å²) < 4.78 is 20.4. The first-order valence-electron chi connectivity index (χ1n) is 8.86. The van der Waals surface area contributed by atoms with E-state index in [-0.39, 0.29) is 35.8 Å². The minimum Gasteiger partial charge on any atom is -0.492 e. The highest BCUT2D eigenvalue weighted by Gasteiger charge is 2.17. The van der Waals surface area contributed by atoms with Gasteiger partial charge in [0.15, 0.2) is 5.96 Å². The lowest BCUT2D eigenvalue weighted by Gasteiger charge is -2.27. The highest BCUT2D eigenvalue weighted by molar-refractivity contribution is 14.0. The molecule has 7 nitrogen and oxygen atoms in total. The fourth-order valence-electron chi connectivity index (χ4n) is 2.72. The van der Waals surface area contributed by atoms with Crippen molar-refractivity contribution in [3.63, 3.8) is 0 Å². The quantitative estimate of drug-likeness (QED) is 0.340. The van der Waals surface area contributed by atoms with Gasteiger partial charge in [-0.2, -0.15) is 5.10 Å². The standard InChI is InChI=1S/C19H29FN6O.HI/c1-21-19(22-13-18(24(2)3)15-12-23-26(5)14-15)25(4)10-11-27-17-8-6-16(20)7-9-17;/h6-9,12,14,18H,10-11,13H2,1-5H3,(H,21,22);1H. The highest BCUT2D eigenvalue weighted by atomic mass is 127. The highest BCUT2D eigenvalue weighted by Crippen LogP contribution is 2.16. The molecule has 1 atom stereocenters. The van der Waals surface area contributed by atoms with E-state index >= 15 is 0 Å². The van der Waals surface area contributed by atoms with E-state index in [1.54, 1.807) is 23.9 Å². The van der Waals surface area contributed by atoms with Crippen LogP contribution in [0.2, 0.25) is 0 Å². The Kier molecular flexibility index (Phi) is 10.2. The molecular weight excluding hydrogens is 474 g/mol. The Morgan fingerprint density at radius 2 is 1.96 bits per heavy atom. The topological polar surface area (TPSA) is 57.9 Å². The van der Waals surface area contributed by atoms with E-state index < -0.39 is 0 Å². The Bertz CT molecular complexity index is 734. The molecule has 0 amide bonds. The van der Waals surface area contributed by atoms with Crippen molar-refractivity contribution in [3.8, 4) is 5.75 Å². The Morgan fingerprint density at radius 1 is 1.29 bits per heavy atom. The van der Waals surface area contributed by atoms with Crippen LogP contribution in [0, 0.1) is 5.82 Å². The van der Waals surface area contributed by atoms with E-state index in [9.17, 15) is 4.39 Å². The van der Waals surface area contributed by atoms with Gasteiger partial charge >= 0.3 is 0 Å². The largest absolute Gasteiger partial charge is 0.492 e. The van der Waals surface area contributed by atoms with Crippen LogP contribution < -0.4 is 10.1 Å². The van der Waals surface area contributed by atoms with Crippen LogP contribution in [0.5, 0.6) is 5.75 Å². The maximum Gasteiger partial charge on any atom is 0.193 e. The van der Waals surface area contributed by atoms with E-state index in [1.807, 2.05) is 45.5 Å². The summed E-state index contributed by atoms with van der Waals surface area (Å²) in [6.45, 7) is 1.83. The first-order valence-corrected chi connectivity index (χ1v) is 8.86. The number of hydrogen-bond acceptors (Lipinski definition) is 4. The number of aryl methyl sites for hydroxylation is 1. The molecular formula is C19H30FIN6O. The number of nitrogens with zero attached hydrogens (tertiary/aromatic N) is 5. The lowest BCUT2D eigenvalue weighted by molar-refractivity contribution is 0.275. The fourth-order valence-corrected chi connectivity index (χ4v) is 2.72. The van der Waals surface area contributed by atoms with E-state index in [1.165, 1.54) is 12.1 Å². The third-order valence-corrected chi connectivity index (χ3v) is 4.27. The van der Waals surface area contributed by atoms with Crippen molar-refractivity contribution in [2.75, 3.05) is 47.9 Å². The van der Waals surface area contributed by atoms with Gasteiger partial charge in [0, 0.05) is 39.4 Å². The average Bonchev–Trinajstić information content (AvgIpc) is 3.06. The molecule has 0 saturated heterocycles. The lowest BCUT2D eigenvalue weighted by atomic mass is 10.1. The third kappa shape index (κ3) is 7.27. The molecule has 0 bridgehead atoms. The molecule has 0 fully saturated rings. The number of halogens is 2. The Balaban J connectivity index is 0.00000392. The maximum absolute atomic E-state index is 12.9. The number of aromatic nitrogens is 2. The van der Waals surface area contributed by atoms with Gasteiger partial charge in [0.1, 0.15) is 18.2 Å². The second-order valence-electron chi connectivity index (χ2n) is 6.58. The molecule has 2 aromatic rings. The van der Waals surface area contributed by atoms with Crippen LogP contribution in [0.15, 0.2) is 41.7 Å². The van der Waals surface area contributed by atoms with Gasteiger partial charge in [-0.05, 0) is 38.4 Å². The summed E-state index contributed by atoms with van der Waals surface area (Å²) in [7, 11) is 9.72. The third-order valence-electron chi connectivity index (χ3n) is 4.27. The first-order chi connectivity index (χ1) is 12.9. The number of aliphatic imine (C=N–C) groups is 1. The van der Waals surface area contributed by atoms with Gasteiger partial charge in [0.05, 0.1) is 18.8 Å². The fraction of sp³-hybridized carbons (Fsp3) is 0.474. The minimum atomic E-state index is -0.270. The van der Waals surface area contributed by atoms with Crippen LogP contribution in [-0.2, 0) is 7.05 Å². The number of rotatable bonds is 8. The number of guanidine groups is 1. The number of hydrogen-bond donors (Lipinski definition) is 1. The zero-order valence-electron chi connectivity index (χ0n) is 17.1. The van der Waals surface area contributed by atoms with Gasteiger partial charge in [-0.25, -0.2) is 4.39 Å². The number of benzene rings is 1. The van der Waals surface area contributed by atoms with E-state index in [0.29, 0.717) is 25.4 Å².